The third kappa shape index (κ3) is 3.85. The Labute approximate surface area is 211 Å². The number of aromatic nitrogens is 4. The van der Waals surface area contributed by atoms with E-state index in [2.05, 4.69) is 9.97 Å². The number of hydrogen-bond acceptors (Lipinski definition) is 8. The first-order valence-corrected chi connectivity index (χ1v) is 12.0. The largest absolute Gasteiger partial charge is 0.289 e. The van der Waals surface area contributed by atoms with Crippen molar-refractivity contribution in [3.63, 3.8) is 0 Å². The van der Waals surface area contributed by atoms with Crippen LogP contribution in [-0.4, -0.2) is 24.3 Å². The standard InChI is InChI=1S/C27H15N5O4S/c33-25-20(15-18-13-7-8-14-19(18)32(35)36)37-27-30-24-23(26(34)31(25)27)28-21(16-9-3-1-4-10-16)22(29-24)17-11-5-2-6-12-17/h1-15H/b20-15-. The smallest absolute Gasteiger partial charge is 0.267 e. The third-order valence-electron chi connectivity index (χ3n) is 5.81. The fourth-order valence-corrected chi connectivity index (χ4v) is 5.03. The molecule has 0 N–H and O–H groups in total. The second-order valence-electron chi connectivity index (χ2n) is 8.09. The molecule has 10 heteroatoms. The van der Waals surface area contributed by atoms with Crippen molar-refractivity contribution < 1.29 is 4.92 Å². The van der Waals surface area contributed by atoms with Gasteiger partial charge in [0.15, 0.2) is 11.2 Å². The average molecular weight is 506 g/mol. The van der Waals surface area contributed by atoms with Crippen LogP contribution in [0.2, 0.25) is 0 Å². The van der Waals surface area contributed by atoms with Gasteiger partial charge in [0.1, 0.15) is 0 Å². The molecule has 37 heavy (non-hydrogen) atoms. The van der Waals surface area contributed by atoms with Crippen LogP contribution in [0.3, 0.4) is 0 Å². The predicted molar refractivity (Wildman–Crippen MR) is 141 cm³/mol. The summed E-state index contributed by atoms with van der Waals surface area (Å²) in [7, 11) is 0. The molecule has 0 bridgehead atoms. The number of fused-ring (bicyclic) bond motifs is 2. The van der Waals surface area contributed by atoms with E-state index in [4.69, 9.17) is 4.98 Å². The number of rotatable bonds is 4. The molecule has 6 aromatic rings. The van der Waals surface area contributed by atoms with Crippen LogP contribution < -0.4 is 15.7 Å². The summed E-state index contributed by atoms with van der Waals surface area (Å²) in [5.74, 6) is 0. The molecule has 0 spiro atoms. The number of thiazole rings is 1. The van der Waals surface area contributed by atoms with Gasteiger partial charge in [-0.1, -0.05) is 84.1 Å². The number of nitro groups is 1. The fourth-order valence-electron chi connectivity index (χ4n) is 4.08. The molecule has 0 atom stereocenters. The van der Waals surface area contributed by atoms with E-state index in [0.29, 0.717) is 11.4 Å². The molecule has 3 aromatic carbocycles. The van der Waals surface area contributed by atoms with E-state index in [1.54, 1.807) is 12.1 Å². The van der Waals surface area contributed by atoms with Crippen LogP contribution in [-0.2, 0) is 0 Å². The van der Waals surface area contributed by atoms with Crippen LogP contribution in [0.5, 0.6) is 0 Å². The van der Waals surface area contributed by atoms with Crippen molar-refractivity contribution in [2.75, 3.05) is 0 Å². The minimum atomic E-state index is -0.646. The molecule has 9 nitrogen and oxygen atoms in total. The van der Waals surface area contributed by atoms with Gasteiger partial charge >= 0.3 is 0 Å². The molecule has 0 aliphatic heterocycles. The first kappa shape index (κ1) is 22.4. The maximum absolute atomic E-state index is 13.5. The summed E-state index contributed by atoms with van der Waals surface area (Å²) in [5.41, 5.74) is 1.53. The molecule has 0 radical (unpaired) electrons. The Kier molecular flexibility index (Phi) is 5.35. The van der Waals surface area contributed by atoms with Crippen LogP contribution >= 0.6 is 11.3 Å². The summed E-state index contributed by atoms with van der Waals surface area (Å²) in [6.07, 6.45) is 1.40. The lowest BCUT2D eigenvalue weighted by molar-refractivity contribution is -0.385. The quantitative estimate of drug-likeness (QED) is 0.264. The minimum Gasteiger partial charge on any atom is -0.267 e. The van der Waals surface area contributed by atoms with Crippen LogP contribution in [0.1, 0.15) is 5.56 Å². The lowest BCUT2D eigenvalue weighted by Crippen LogP contribution is -2.31. The van der Waals surface area contributed by atoms with Gasteiger partial charge in [-0.05, 0) is 12.1 Å². The van der Waals surface area contributed by atoms with Crippen LogP contribution in [0.25, 0.3) is 44.7 Å². The molecule has 0 saturated heterocycles. The van der Waals surface area contributed by atoms with E-state index >= 15 is 0 Å². The normalized spacial score (nSPS) is 11.8. The lowest BCUT2D eigenvalue weighted by atomic mass is 10.0. The maximum Gasteiger partial charge on any atom is 0.289 e. The second kappa shape index (κ2) is 8.85. The number of benzene rings is 3. The Hall–Kier alpha value is -5.09. The molecule has 6 rings (SSSR count). The van der Waals surface area contributed by atoms with E-state index < -0.39 is 16.0 Å². The molecular formula is C27H15N5O4S. The Morgan fingerprint density at radius 1 is 0.757 bits per heavy atom. The molecular weight excluding hydrogens is 490 g/mol. The van der Waals surface area contributed by atoms with Gasteiger partial charge in [0.25, 0.3) is 16.8 Å². The Bertz CT molecular complexity index is 2000. The molecule has 0 unspecified atom stereocenters. The molecule has 0 saturated carbocycles. The highest BCUT2D eigenvalue weighted by Gasteiger charge is 2.19. The van der Waals surface area contributed by atoms with Crippen molar-refractivity contribution in [3.8, 4) is 22.5 Å². The average Bonchev–Trinajstić information content (AvgIpc) is 3.24. The van der Waals surface area contributed by atoms with Crippen molar-refractivity contribution >= 4 is 39.2 Å². The van der Waals surface area contributed by atoms with Gasteiger partial charge in [-0.25, -0.2) is 14.4 Å². The first-order chi connectivity index (χ1) is 18.0. The molecule has 0 amide bonds. The summed E-state index contributed by atoms with van der Waals surface area (Å²) in [5, 5.41) is 11.4. The van der Waals surface area contributed by atoms with Gasteiger partial charge in [-0.2, -0.15) is 4.98 Å². The topological polar surface area (TPSA) is 120 Å². The zero-order chi connectivity index (χ0) is 25.5. The van der Waals surface area contributed by atoms with Gasteiger partial charge in [-0.15, -0.1) is 0 Å². The van der Waals surface area contributed by atoms with Crippen LogP contribution in [0, 0.1) is 10.1 Å². The van der Waals surface area contributed by atoms with Crippen molar-refractivity contribution in [1.82, 2.24) is 19.4 Å². The van der Waals surface area contributed by atoms with E-state index in [-0.39, 0.29) is 31.9 Å². The zero-order valence-electron chi connectivity index (χ0n) is 18.9. The highest BCUT2D eigenvalue weighted by Crippen LogP contribution is 2.30. The zero-order valence-corrected chi connectivity index (χ0v) is 19.8. The van der Waals surface area contributed by atoms with E-state index in [1.165, 1.54) is 18.2 Å². The Morgan fingerprint density at radius 2 is 1.35 bits per heavy atom. The van der Waals surface area contributed by atoms with E-state index in [1.807, 2.05) is 60.7 Å². The predicted octanol–water partition coefficient (Wildman–Crippen LogP) is 3.85. The Balaban J connectivity index is 1.66. The van der Waals surface area contributed by atoms with Gasteiger partial charge in [-0.3, -0.25) is 19.7 Å². The molecule has 0 aliphatic carbocycles. The monoisotopic (exact) mass is 505 g/mol. The first-order valence-electron chi connectivity index (χ1n) is 11.1. The maximum atomic E-state index is 13.5. The fraction of sp³-hybridized carbons (Fsp3) is 0. The van der Waals surface area contributed by atoms with E-state index in [0.717, 1.165) is 26.9 Å². The summed E-state index contributed by atoms with van der Waals surface area (Å²) < 4.78 is 1.08. The number of para-hydroxylation sites is 1. The summed E-state index contributed by atoms with van der Waals surface area (Å²) in [4.78, 5) is 51.6. The van der Waals surface area contributed by atoms with Gasteiger partial charge in [0, 0.05) is 17.2 Å². The lowest BCUT2D eigenvalue weighted by Gasteiger charge is -2.10. The number of nitro benzene ring substituents is 1. The van der Waals surface area contributed by atoms with E-state index in [9.17, 15) is 19.7 Å². The van der Waals surface area contributed by atoms with Crippen LogP contribution in [0.15, 0.2) is 94.5 Å². The molecule has 178 valence electrons. The second-order valence-corrected chi connectivity index (χ2v) is 9.10. The number of hydrogen-bond donors (Lipinski definition) is 0. The number of nitrogens with zero attached hydrogens (tertiary/aromatic N) is 5. The van der Waals surface area contributed by atoms with Crippen molar-refractivity contribution in [2.24, 2.45) is 0 Å². The van der Waals surface area contributed by atoms with Crippen molar-refractivity contribution in [2.45, 2.75) is 0 Å². The Morgan fingerprint density at radius 3 is 2.00 bits per heavy atom. The highest BCUT2D eigenvalue weighted by molar-refractivity contribution is 7.15. The molecule has 0 fully saturated rings. The SMILES string of the molecule is O=c1/c(=C/c2ccccc2[N+](=O)[O-])sc2nc3nc(-c4ccccc4)c(-c4ccccc4)nc3c(=O)n12. The van der Waals surface area contributed by atoms with Crippen LogP contribution in [0.4, 0.5) is 5.69 Å². The van der Waals surface area contributed by atoms with Crippen molar-refractivity contribution in [3.05, 3.63) is 126 Å². The summed E-state index contributed by atoms with van der Waals surface area (Å²) in [6.45, 7) is 0. The minimum absolute atomic E-state index is 0.0387. The third-order valence-corrected chi connectivity index (χ3v) is 6.77. The van der Waals surface area contributed by atoms with Gasteiger partial charge < -0.3 is 0 Å². The molecule has 3 aromatic heterocycles. The highest BCUT2D eigenvalue weighted by atomic mass is 32.1. The van der Waals surface area contributed by atoms with Crippen molar-refractivity contribution in [1.29, 1.82) is 0 Å². The molecule has 3 heterocycles. The molecule has 0 aliphatic rings. The van der Waals surface area contributed by atoms with Gasteiger partial charge in [0.2, 0.25) is 4.96 Å². The summed E-state index contributed by atoms with van der Waals surface area (Å²) >= 11 is 0.964. The summed E-state index contributed by atoms with van der Waals surface area (Å²) in [6, 6.07) is 24.9. The van der Waals surface area contributed by atoms with Gasteiger partial charge in [0.05, 0.1) is 26.4 Å².